The lowest BCUT2D eigenvalue weighted by molar-refractivity contribution is 0.0746. The molecule has 170 valence electrons. The Labute approximate surface area is 203 Å². The number of aryl methyl sites for hydroxylation is 1. The summed E-state index contributed by atoms with van der Waals surface area (Å²) in [6.07, 6.45) is 0. The summed E-state index contributed by atoms with van der Waals surface area (Å²) in [5, 5.41) is 6.37. The highest BCUT2D eigenvalue weighted by atomic mass is 35.5. The van der Waals surface area contributed by atoms with Crippen molar-refractivity contribution in [3.63, 3.8) is 0 Å². The predicted molar refractivity (Wildman–Crippen MR) is 135 cm³/mol. The van der Waals surface area contributed by atoms with Gasteiger partial charge in [0.15, 0.2) is 0 Å². The van der Waals surface area contributed by atoms with Gasteiger partial charge in [0.2, 0.25) is 0 Å². The summed E-state index contributed by atoms with van der Waals surface area (Å²) in [6, 6.07) is 19.8. The molecule has 0 aromatic heterocycles. The number of anilines is 3. The van der Waals surface area contributed by atoms with Crippen molar-refractivity contribution >= 4 is 52.2 Å². The summed E-state index contributed by atoms with van der Waals surface area (Å²) in [5.74, 6) is 0.0825. The van der Waals surface area contributed by atoms with Crippen LogP contribution >= 0.6 is 23.2 Å². The standard InChI is InChI=1S/C25H24Cl2N4O2/c1-17-4-2-3-5-21(17)24(32)31-14-12-30(13-15-31)20-9-7-19(8-10-20)28-25(33)29-23-11-6-18(26)16-22(23)27/h2-11,16H,12-15H2,1H3,(H2,28,29,33). The van der Waals surface area contributed by atoms with Crippen LogP contribution in [0.1, 0.15) is 15.9 Å². The average Bonchev–Trinajstić information content (AvgIpc) is 2.81. The van der Waals surface area contributed by atoms with Gasteiger partial charge >= 0.3 is 6.03 Å². The minimum absolute atomic E-state index is 0.0825. The van der Waals surface area contributed by atoms with Crippen LogP contribution in [0.5, 0.6) is 0 Å². The molecule has 0 radical (unpaired) electrons. The highest BCUT2D eigenvalue weighted by Gasteiger charge is 2.23. The summed E-state index contributed by atoms with van der Waals surface area (Å²) in [6.45, 7) is 4.79. The van der Waals surface area contributed by atoms with Gasteiger partial charge in [0.1, 0.15) is 0 Å². The van der Waals surface area contributed by atoms with Crippen LogP contribution in [0.4, 0.5) is 21.9 Å². The van der Waals surface area contributed by atoms with Crippen LogP contribution in [0.2, 0.25) is 10.0 Å². The van der Waals surface area contributed by atoms with Gasteiger partial charge in [0, 0.05) is 48.1 Å². The van der Waals surface area contributed by atoms with Crippen LogP contribution in [-0.4, -0.2) is 43.0 Å². The van der Waals surface area contributed by atoms with Gasteiger partial charge < -0.3 is 20.4 Å². The van der Waals surface area contributed by atoms with Gasteiger partial charge in [-0.1, -0.05) is 41.4 Å². The number of carbonyl (C=O) groups excluding carboxylic acids is 2. The van der Waals surface area contributed by atoms with Crippen molar-refractivity contribution in [1.29, 1.82) is 0 Å². The lowest BCUT2D eigenvalue weighted by Gasteiger charge is -2.36. The number of amides is 3. The Morgan fingerprint density at radius 3 is 2.21 bits per heavy atom. The summed E-state index contributed by atoms with van der Waals surface area (Å²) in [5.41, 5.74) is 3.95. The van der Waals surface area contributed by atoms with Crippen molar-refractivity contribution in [2.45, 2.75) is 6.92 Å². The van der Waals surface area contributed by atoms with Crippen LogP contribution in [-0.2, 0) is 0 Å². The maximum Gasteiger partial charge on any atom is 0.323 e. The first-order chi connectivity index (χ1) is 15.9. The number of hydrogen-bond acceptors (Lipinski definition) is 3. The maximum atomic E-state index is 12.8. The minimum Gasteiger partial charge on any atom is -0.368 e. The summed E-state index contributed by atoms with van der Waals surface area (Å²) in [7, 11) is 0. The number of piperazine rings is 1. The third-order valence-corrected chi connectivity index (χ3v) is 6.16. The van der Waals surface area contributed by atoms with E-state index in [-0.39, 0.29) is 5.91 Å². The molecule has 0 aliphatic carbocycles. The zero-order valence-electron chi connectivity index (χ0n) is 18.1. The van der Waals surface area contributed by atoms with Crippen LogP contribution in [0.3, 0.4) is 0 Å². The van der Waals surface area contributed by atoms with Crippen molar-refractivity contribution in [3.05, 3.63) is 87.9 Å². The number of rotatable bonds is 4. The Hall–Kier alpha value is -3.22. The maximum absolute atomic E-state index is 12.8. The molecule has 3 aromatic carbocycles. The molecule has 0 bridgehead atoms. The number of benzene rings is 3. The molecule has 4 rings (SSSR count). The fraction of sp³-hybridized carbons (Fsp3) is 0.200. The van der Waals surface area contributed by atoms with E-state index in [1.54, 1.807) is 18.2 Å². The predicted octanol–water partition coefficient (Wildman–Crippen LogP) is 5.91. The fourth-order valence-corrected chi connectivity index (χ4v) is 4.24. The van der Waals surface area contributed by atoms with E-state index in [9.17, 15) is 9.59 Å². The normalized spacial score (nSPS) is 13.5. The third kappa shape index (κ3) is 5.59. The molecule has 0 unspecified atom stereocenters. The highest BCUT2D eigenvalue weighted by molar-refractivity contribution is 6.36. The molecule has 33 heavy (non-hydrogen) atoms. The number of halogens is 2. The molecule has 0 saturated carbocycles. The molecule has 3 amide bonds. The fourth-order valence-electron chi connectivity index (χ4n) is 3.78. The molecule has 6 nitrogen and oxygen atoms in total. The summed E-state index contributed by atoms with van der Waals surface area (Å²) < 4.78 is 0. The molecule has 0 spiro atoms. The van der Waals surface area contributed by atoms with Gasteiger partial charge in [-0.25, -0.2) is 4.79 Å². The molecule has 2 N–H and O–H groups in total. The van der Waals surface area contributed by atoms with Gasteiger partial charge in [0.25, 0.3) is 5.91 Å². The van der Waals surface area contributed by atoms with E-state index in [0.29, 0.717) is 34.5 Å². The second-order valence-corrected chi connectivity index (χ2v) is 8.69. The van der Waals surface area contributed by atoms with Crippen molar-refractivity contribution in [2.24, 2.45) is 0 Å². The number of nitrogens with zero attached hydrogens (tertiary/aromatic N) is 2. The van der Waals surface area contributed by atoms with Crippen LogP contribution in [0.15, 0.2) is 66.7 Å². The molecule has 1 heterocycles. The zero-order valence-corrected chi connectivity index (χ0v) is 19.7. The van der Waals surface area contributed by atoms with Gasteiger partial charge in [-0.05, 0) is 61.0 Å². The smallest absolute Gasteiger partial charge is 0.323 e. The Bertz CT molecular complexity index is 1160. The minimum atomic E-state index is -0.393. The average molecular weight is 483 g/mol. The highest BCUT2D eigenvalue weighted by Crippen LogP contribution is 2.26. The number of nitrogens with one attached hydrogen (secondary N) is 2. The van der Waals surface area contributed by atoms with Gasteiger partial charge in [-0.3, -0.25) is 4.79 Å². The second kappa shape index (κ2) is 10.1. The van der Waals surface area contributed by atoms with Crippen molar-refractivity contribution in [2.75, 3.05) is 41.7 Å². The lowest BCUT2D eigenvalue weighted by atomic mass is 10.1. The van der Waals surface area contributed by atoms with E-state index in [0.717, 1.165) is 29.9 Å². The number of urea groups is 1. The molecule has 1 aliphatic heterocycles. The zero-order chi connectivity index (χ0) is 23.4. The van der Waals surface area contributed by atoms with E-state index >= 15 is 0 Å². The van der Waals surface area contributed by atoms with E-state index in [2.05, 4.69) is 15.5 Å². The molecule has 0 atom stereocenters. The first kappa shape index (κ1) is 23.0. The molecule has 1 fully saturated rings. The van der Waals surface area contributed by atoms with E-state index in [1.165, 1.54) is 0 Å². The molecular formula is C25H24Cl2N4O2. The van der Waals surface area contributed by atoms with E-state index in [1.807, 2.05) is 60.4 Å². The van der Waals surface area contributed by atoms with Crippen LogP contribution in [0, 0.1) is 6.92 Å². The van der Waals surface area contributed by atoms with Crippen molar-refractivity contribution in [1.82, 2.24) is 4.90 Å². The van der Waals surface area contributed by atoms with Gasteiger partial charge in [-0.2, -0.15) is 0 Å². The first-order valence-corrected chi connectivity index (χ1v) is 11.4. The Morgan fingerprint density at radius 2 is 1.55 bits per heavy atom. The third-order valence-electron chi connectivity index (χ3n) is 5.61. The van der Waals surface area contributed by atoms with E-state index < -0.39 is 6.03 Å². The first-order valence-electron chi connectivity index (χ1n) is 10.6. The molecule has 3 aromatic rings. The van der Waals surface area contributed by atoms with Gasteiger partial charge in [0.05, 0.1) is 10.7 Å². The van der Waals surface area contributed by atoms with E-state index in [4.69, 9.17) is 23.2 Å². The largest absolute Gasteiger partial charge is 0.368 e. The Balaban J connectivity index is 1.31. The Kier molecular flexibility index (Phi) is 7.06. The summed E-state index contributed by atoms with van der Waals surface area (Å²) in [4.78, 5) is 29.2. The van der Waals surface area contributed by atoms with Crippen LogP contribution in [0.25, 0.3) is 0 Å². The molecule has 1 aliphatic rings. The SMILES string of the molecule is Cc1ccccc1C(=O)N1CCN(c2ccc(NC(=O)Nc3ccc(Cl)cc3Cl)cc2)CC1. The van der Waals surface area contributed by atoms with Gasteiger partial charge in [-0.15, -0.1) is 0 Å². The van der Waals surface area contributed by atoms with Crippen molar-refractivity contribution < 1.29 is 9.59 Å². The topological polar surface area (TPSA) is 64.7 Å². The monoisotopic (exact) mass is 482 g/mol. The van der Waals surface area contributed by atoms with Crippen molar-refractivity contribution in [3.8, 4) is 0 Å². The Morgan fingerprint density at radius 1 is 0.848 bits per heavy atom. The molecule has 1 saturated heterocycles. The number of hydrogen-bond donors (Lipinski definition) is 2. The van der Waals surface area contributed by atoms with Crippen LogP contribution < -0.4 is 15.5 Å². The molecule has 8 heteroatoms. The molecular weight excluding hydrogens is 459 g/mol. The lowest BCUT2D eigenvalue weighted by Crippen LogP contribution is -2.48. The number of carbonyl (C=O) groups is 2. The quantitative estimate of drug-likeness (QED) is 0.485. The second-order valence-electron chi connectivity index (χ2n) is 7.84. The summed E-state index contributed by atoms with van der Waals surface area (Å²) >= 11 is 12.0.